The summed E-state index contributed by atoms with van der Waals surface area (Å²) in [6.45, 7) is 1.83. The van der Waals surface area contributed by atoms with Crippen LogP contribution in [0.1, 0.15) is 43.4 Å². The van der Waals surface area contributed by atoms with Gasteiger partial charge < -0.3 is 19.9 Å². The zero-order valence-electron chi connectivity index (χ0n) is 18.0. The molecule has 1 aliphatic heterocycles. The Hall–Kier alpha value is -2.99. The van der Waals surface area contributed by atoms with E-state index in [1.54, 1.807) is 0 Å². The van der Waals surface area contributed by atoms with Crippen molar-refractivity contribution < 1.29 is 14.7 Å². The minimum absolute atomic E-state index is 0.0456. The molecule has 0 atom stereocenters. The molecule has 3 aromatic rings. The van der Waals surface area contributed by atoms with Gasteiger partial charge in [0.1, 0.15) is 0 Å². The summed E-state index contributed by atoms with van der Waals surface area (Å²) in [5.74, 6) is -0.751. The molecule has 1 aromatic heterocycles. The van der Waals surface area contributed by atoms with Crippen LogP contribution in [-0.4, -0.2) is 39.7 Å². The van der Waals surface area contributed by atoms with Crippen molar-refractivity contribution in [2.24, 2.45) is 0 Å². The predicted octanol–water partition coefficient (Wildman–Crippen LogP) is 5.39. The summed E-state index contributed by atoms with van der Waals surface area (Å²) in [5, 5.41) is 13.6. The molecule has 0 radical (unpaired) electrons. The molecule has 7 heteroatoms. The van der Waals surface area contributed by atoms with E-state index in [4.69, 9.17) is 16.7 Å². The van der Waals surface area contributed by atoms with E-state index in [0.29, 0.717) is 31.1 Å². The number of fused-ring (bicyclic) bond motifs is 3. The number of unbranched alkanes of at least 4 members (excludes halogenated alkanes) is 3. The van der Waals surface area contributed by atoms with Gasteiger partial charge in [-0.3, -0.25) is 4.79 Å². The van der Waals surface area contributed by atoms with E-state index in [1.165, 1.54) is 11.3 Å². The van der Waals surface area contributed by atoms with Crippen LogP contribution in [0.15, 0.2) is 48.5 Å². The number of halogens is 1. The van der Waals surface area contributed by atoms with Crippen LogP contribution in [0.5, 0.6) is 0 Å². The summed E-state index contributed by atoms with van der Waals surface area (Å²) >= 11 is 6.53. The average molecular weight is 454 g/mol. The Morgan fingerprint density at radius 2 is 1.75 bits per heavy atom. The van der Waals surface area contributed by atoms with Crippen molar-refractivity contribution in [1.82, 2.24) is 14.8 Å². The van der Waals surface area contributed by atoms with Crippen LogP contribution >= 0.6 is 11.6 Å². The third-order valence-corrected chi connectivity index (χ3v) is 6.35. The molecule has 0 unspecified atom stereocenters. The zero-order chi connectivity index (χ0) is 22.5. The summed E-state index contributed by atoms with van der Waals surface area (Å²) in [6.07, 6.45) is 4.31. The van der Waals surface area contributed by atoms with Gasteiger partial charge in [-0.1, -0.05) is 54.8 Å². The molecule has 2 heterocycles. The number of urea groups is 1. The Balaban J connectivity index is 1.44. The Bertz CT molecular complexity index is 1120. The van der Waals surface area contributed by atoms with Crippen molar-refractivity contribution >= 4 is 34.5 Å². The molecule has 2 amide bonds. The van der Waals surface area contributed by atoms with Gasteiger partial charge in [-0.2, -0.15) is 0 Å². The summed E-state index contributed by atoms with van der Waals surface area (Å²) in [5.41, 5.74) is 4.46. The number of carbonyl (C=O) groups excluding carboxylic acids is 1. The number of amides is 2. The lowest BCUT2D eigenvalue weighted by Gasteiger charge is -2.28. The smallest absolute Gasteiger partial charge is 0.317 e. The van der Waals surface area contributed by atoms with Crippen molar-refractivity contribution in [2.75, 3.05) is 13.1 Å². The first-order valence-corrected chi connectivity index (χ1v) is 11.5. The molecule has 0 fully saturated rings. The molecule has 168 valence electrons. The summed E-state index contributed by atoms with van der Waals surface area (Å²) in [6, 6.07) is 16.1. The van der Waals surface area contributed by atoms with E-state index in [2.05, 4.69) is 22.0 Å². The van der Waals surface area contributed by atoms with Crippen molar-refractivity contribution in [3.63, 3.8) is 0 Å². The monoisotopic (exact) mass is 453 g/mol. The van der Waals surface area contributed by atoms with Crippen LogP contribution in [0.25, 0.3) is 16.6 Å². The molecule has 32 heavy (non-hydrogen) atoms. The molecular formula is C25H28ClN3O3. The number of carbonyl (C=O) groups is 2. The standard InChI is InChI=1S/C25H28ClN3O3/c26-20-10-5-7-12-23(20)29-21-11-6-4-9-18(21)19-17-28(16-14-22(19)29)25(32)27-15-8-2-1-3-13-24(30)31/h4-7,9-12H,1-3,8,13-17H2,(H,27,32)(H,30,31). The first kappa shape index (κ1) is 22.2. The second-order valence-electron chi connectivity index (χ2n) is 8.19. The number of nitrogens with zero attached hydrogens (tertiary/aromatic N) is 2. The van der Waals surface area contributed by atoms with Crippen LogP contribution in [0.4, 0.5) is 4.79 Å². The van der Waals surface area contributed by atoms with Crippen LogP contribution in [0.3, 0.4) is 0 Å². The highest BCUT2D eigenvalue weighted by Gasteiger charge is 2.27. The highest BCUT2D eigenvalue weighted by atomic mass is 35.5. The number of carboxylic acids is 1. The summed E-state index contributed by atoms with van der Waals surface area (Å²) in [4.78, 5) is 25.2. The number of carboxylic acid groups (broad SMARTS) is 1. The lowest BCUT2D eigenvalue weighted by molar-refractivity contribution is -0.137. The highest BCUT2D eigenvalue weighted by molar-refractivity contribution is 6.32. The number of hydrogen-bond donors (Lipinski definition) is 2. The van der Waals surface area contributed by atoms with Gasteiger partial charge in [-0.25, -0.2) is 4.79 Å². The van der Waals surface area contributed by atoms with Crippen molar-refractivity contribution in [3.05, 3.63) is 64.8 Å². The fourth-order valence-electron chi connectivity index (χ4n) is 4.45. The molecule has 6 nitrogen and oxygen atoms in total. The van der Waals surface area contributed by atoms with E-state index >= 15 is 0 Å². The molecule has 0 spiro atoms. The third-order valence-electron chi connectivity index (χ3n) is 6.03. The minimum atomic E-state index is -0.751. The van der Waals surface area contributed by atoms with E-state index < -0.39 is 5.97 Å². The summed E-state index contributed by atoms with van der Waals surface area (Å²) < 4.78 is 2.24. The highest BCUT2D eigenvalue weighted by Crippen LogP contribution is 2.35. The largest absolute Gasteiger partial charge is 0.481 e. The fraction of sp³-hybridized carbons (Fsp3) is 0.360. The zero-order valence-corrected chi connectivity index (χ0v) is 18.8. The van der Waals surface area contributed by atoms with Crippen molar-refractivity contribution in [2.45, 2.75) is 45.1 Å². The second kappa shape index (κ2) is 10.1. The van der Waals surface area contributed by atoms with Gasteiger partial charge in [0.05, 0.1) is 16.2 Å². The van der Waals surface area contributed by atoms with Gasteiger partial charge in [-0.15, -0.1) is 0 Å². The molecule has 2 N–H and O–H groups in total. The summed E-state index contributed by atoms with van der Waals surface area (Å²) in [7, 11) is 0. The molecule has 4 rings (SSSR count). The topological polar surface area (TPSA) is 74.6 Å². The Morgan fingerprint density at radius 3 is 2.56 bits per heavy atom. The maximum absolute atomic E-state index is 12.8. The Kier molecular flexibility index (Phi) is 7.00. The van der Waals surface area contributed by atoms with E-state index in [0.717, 1.165) is 42.3 Å². The molecule has 0 bridgehead atoms. The SMILES string of the molecule is O=C(O)CCCCCCNC(=O)N1CCc2c(c3ccccc3n2-c2ccccc2Cl)C1. The van der Waals surface area contributed by atoms with Crippen LogP contribution in [0, 0.1) is 0 Å². The maximum atomic E-state index is 12.8. The lowest BCUT2D eigenvalue weighted by atomic mass is 10.0. The van der Waals surface area contributed by atoms with E-state index in [1.807, 2.05) is 41.3 Å². The number of nitrogens with one attached hydrogen (secondary N) is 1. The minimum Gasteiger partial charge on any atom is -0.481 e. The first-order valence-electron chi connectivity index (χ1n) is 11.2. The van der Waals surface area contributed by atoms with Gasteiger partial charge in [0.2, 0.25) is 0 Å². The Morgan fingerprint density at radius 1 is 1.00 bits per heavy atom. The second-order valence-corrected chi connectivity index (χ2v) is 8.60. The predicted molar refractivity (Wildman–Crippen MR) is 127 cm³/mol. The van der Waals surface area contributed by atoms with Gasteiger partial charge in [0.25, 0.3) is 0 Å². The molecule has 0 saturated heterocycles. The van der Waals surface area contributed by atoms with Crippen molar-refractivity contribution in [1.29, 1.82) is 0 Å². The number of aliphatic carboxylic acids is 1. The number of hydrogen-bond acceptors (Lipinski definition) is 2. The number of benzene rings is 2. The maximum Gasteiger partial charge on any atom is 0.317 e. The number of rotatable bonds is 8. The average Bonchev–Trinajstić information content (AvgIpc) is 3.12. The normalized spacial score (nSPS) is 13.2. The van der Waals surface area contributed by atoms with Gasteiger partial charge in [0.15, 0.2) is 0 Å². The van der Waals surface area contributed by atoms with Crippen LogP contribution in [-0.2, 0) is 17.8 Å². The van der Waals surface area contributed by atoms with E-state index in [-0.39, 0.29) is 12.5 Å². The third kappa shape index (κ3) is 4.75. The van der Waals surface area contributed by atoms with Gasteiger partial charge in [-0.05, 0) is 31.0 Å². The van der Waals surface area contributed by atoms with Crippen LogP contribution < -0.4 is 5.32 Å². The van der Waals surface area contributed by atoms with Crippen molar-refractivity contribution in [3.8, 4) is 5.69 Å². The fourth-order valence-corrected chi connectivity index (χ4v) is 4.67. The molecular weight excluding hydrogens is 426 g/mol. The molecule has 0 aliphatic carbocycles. The van der Waals surface area contributed by atoms with Gasteiger partial charge in [0, 0.05) is 49.1 Å². The van der Waals surface area contributed by atoms with Gasteiger partial charge >= 0.3 is 12.0 Å². The lowest BCUT2D eigenvalue weighted by Crippen LogP contribution is -2.43. The van der Waals surface area contributed by atoms with Crippen LogP contribution in [0.2, 0.25) is 5.02 Å². The quantitative estimate of drug-likeness (QED) is 0.449. The molecule has 0 saturated carbocycles. The molecule has 1 aliphatic rings. The molecule has 2 aromatic carbocycles. The number of aromatic nitrogens is 1. The van der Waals surface area contributed by atoms with E-state index in [9.17, 15) is 9.59 Å². The number of para-hydroxylation sites is 2. The Labute approximate surface area is 192 Å². The first-order chi connectivity index (χ1) is 15.6.